The van der Waals surface area contributed by atoms with Gasteiger partial charge in [0.15, 0.2) is 0 Å². The molecule has 0 saturated heterocycles. The number of hydrogen-bond acceptors (Lipinski definition) is 2. The van der Waals surface area contributed by atoms with Crippen LogP contribution in [-0.2, 0) is 4.79 Å². The molecule has 1 N–H and O–H groups in total. The molecule has 0 spiro atoms. The van der Waals surface area contributed by atoms with E-state index in [1.165, 1.54) is 0 Å². The monoisotopic (exact) mass is 278 g/mol. The molecule has 2 atom stereocenters. The van der Waals surface area contributed by atoms with E-state index in [0.717, 1.165) is 6.42 Å². The Morgan fingerprint density at radius 2 is 1.93 bits per heavy atom. The van der Waals surface area contributed by atoms with Crippen LogP contribution in [0.15, 0.2) is 0 Å². The van der Waals surface area contributed by atoms with E-state index in [1.54, 1.807) is 0 Å². The van der Waals surface area contributed by atoms with Crippen LogP contribution in [0.4, 0.5) is 0 Å². The zero-order valence-electron chi connectivity index (χ0n) is 10.4. The van der Waals surface area contributed by atoms with Gasteiger partial charge in [-0.05, 0) is 26.4 Å². The molecule has 0 aromatic carbocycles. The Kier molecular flexibility index (Phi) is 7.18. The number of nitrogens with zero attached hydrogens (tertiary/aromatic N) is 1. The Morgan fingerprint density at radius 1 is 1.40 bits per heavy atom. The van der Waals surface area contributed by atoms with Gasteiger partial charge in [0.2, 0.25) is 5.91 Å². The van der Waals surface area contributed by atoms with Crippen LogP contribution in [0.5, 0.6) is 0 Å². The van der Waals surface area contributed by atoms with Crippen LogP contribution >= 0.6 is 15.9 Å². The largest absolute Gasteiger partial charge is 0.354 e. The van der Waals surface area contributed by atoms with Crippen molar-refractivity contribution in [2.45, 2.75) is 38.1 Å². The summed E-state index contributed by atoms with van der Waals surface area (Å²) in [6.45, 7) is 7.04. The average molecular weight is 279 g/mol. The summed E-state index contributed by atoms with van der Waals surface area (Å²) in [4.78, 5) is 13.6. The lowest BCUT2D eigenvalue weighted by molar-refractivity contribution is -0.120. The van der Waals surface area contributed by atoms with Crippen molar-refractivity contribution in [3.63, 3.8) is 0 Å². The van der Waals surface area contributed by atoms with Gasteiger partial charge >= 0.3 is 0 Å². The first-order valence-electron chi connectivity index (χ1n) is 5.48. The number of likely N-dealkylation sites (N-methyl/N-ethyl adjacent to an activating group) is 1. The number of halogens is 1. The molecule has 0 aliphatic rings. The summed E-state index contributed by atoms with van der Waals surface area (Å²) >= 11 is 3.34. The van der Waals surface area contributed by atoms with Gasteiger partial charge < -0.3 is 10.2 Å². The fourth-order valence-corrected chi connectivity index (χ4v) is 1.68. The zero-order chi connectivity index (χ0) is 12.0. The molecular weight excluding hydrogens is 256 g/mol. The van der Waals surface area contributed by atoms with E-state index < -0.39 is 0 Å². The summed E-state index contributed by atoms with van der Waals surface area (Å²) in [6, 6.07) is 0.394. The first-order chi connectivity index (χ1) is 6.90. The summed E-state index contributed by atoms with van der Waals surface area (Å²) in [5, 5.41) is 2.97. The van der Waals surface area contributed by atoms with E-state index in [4.69, 9.17) is 0 Å². The van der Waals surface area contributed by atoms with Crippen molar-refractivity contribution in [3.8, 4) is 0 Å². The van der Waals surface area contributed by atoms with Crippen LogP contribution in [0.2, 0.25) is 0 Å². The zero-order valence-corrected chi connectivity index (χ0v) is 12.0. The first kappa shape index (κ1) is 14.9. The number of nitrogens with one attached hydrogen (secondary N) is 1. The van der Waals surface area contributed by atoms with Crippen LogP contribution in [0.1, 0.15) is 27.2 Å². The predicted octanol–water partition coefficient (Wildman–Crippen LogP) is 1.86. The van der Waals surface area contributed by atoms with E-state index in [2.05, 4.69) is 40.0 Å². The SMILES string of the molecule is CCC(Br)C(=O)NCC(C(C)C)N(C)C. The third-order valence-corrected chi connectivity index (χ3v) is 3.62. The normalized spacial score (nSPS) is 15.5. The van der Waals surface area contributed by atoms with Gasteiger partial charge in [0, 0.05) is 12.6 Å². The van der Waals surface area contributed by atoms with E-state index in [0.29, 0.717) is 18.5 Å². The molecule has 0 aromatic heterocycles. The molecule has 2 unspecified atom stereocenters. The maximum absolute atomic E-state index is 11.5. The Morgan fingerprint density at radius 3 is 2.27 bits per heavy atom. The van der Waals surface area contributed by atoms with Crippen LogP contribution in [0.3, 0.4) is 0 Å². The highest BCUT2D eigenvalue weighted by Gasteiger charge is 2.18. The Balaban J connectivity index is 4.05. The van der Waals surface area contributed by atoms with E-state index >= 15 is 0 Å². The maximum atomic E-state index is 11.5. The lowest BCUT2D eigenvalue weighted by Crippen LogP contribution is -2.45. The van der Waals surface area contributed by atoms with Gasteiger partial charge in [-0.2, -0.15) is 0 Å². The molecule has 0 heterocycles. The highest BCUT2D eigenvalue weighted by Crippen LogP contribution is 2.08. The summed E-state index contributed by atoms with van der Waals surface area (Å²) in [7, 11) is 4.09. The standard InChI is InChI=1S/C11H23BrN2O/c1-6-9(12)11(15)13-7-10(8(2)3)14(4)5/h8-10H,6-7H2,1-5H3,(H,13,15). The summed E-state index contributed by atoms with van der Waals surface area (Å²) in [5.74, 6) is 0.626. The van der Waals surface area contributed by atoms with E-state index in [9.17, 15) is 4.79 Å². The Hall–Kier alpha value is -0.0900. The van der Waals surface area contributed by atoms with Gasteiger partial charge in [0.25, 0.3) is 0 Å². The van der Waals surface area contributed by atoms with Gasteiger partial charge in [-0.1, -0.05) is 36.7 Å². The molecule has 15 heavy (non-hydrogen) atoms. The highest BCUT2D eigenvalue weighted by molar-refractivity contribution is 9.10. The van der Waals surface area contributed by atoms with Crippen molar-refractivity contribution >= 4 is 21.8 Å². The minimum atomic E-state index is -0.0625. The molecule has 0 bridgehead atoms. The van der Waals surface area contributed by atoms with Crippen LogP contribution in [0.25, 0.3) is 0 Å². The topological polar surface area (TPSA) is 32.3 Å². The number of hydrogen-bond donors (Lipinski definition) is 1. The minimum Gasteiger partial charge on any atom is -0.354 e. The molecule has 0 rings (SSSR count). The second-order valence-electron chi connectivity index (χ2n) is 4.40. The number of alkyl halides is 1. The number of rotatable bonds is 6. The second kappa shape index (κ2) is 7.23. The maximum Gasteiger partial charge on any atom is 0.233 e. The Labute approximate surface area is 102 Å². The molecule has 0 aliphatic carbocycles. The molecule has 0 fully saturated rings. The average Bonchev–Trinajstić information content (AvgIpc) is 2.15. The highest BCUT2D eigenvalue weighted by atomic mass is 79.9. The molecule has 90 valence electrons. The molecule has 1 amide bonds. The quantitative estimate of drug-likeness (QED) is 0.753. The van der Waals surface area contributed by atoms with Crippen molar-refractivity contribution < 1.29 is 4.79 Å². The van der Waals surface area contributed by atoms with Crippen molar-refractivity contribution in [3.05, 3.63) is 0 Å². The molecule has 0 aromatic rings. The number of amides is 1. The third-order valence-electron chi connectivity index (χ3n) is 2.56. The van der Waals surface area contributed by atoms with Crippen LogP contribution < -0.4 is 5.32 Å². The third kappa shape index (κ3) is 5.52. The van der Waals surface area contributed by atoms with Crippen molar-refractivity contribution in [2.24, 2.45) is 5.92 Å². The minimum absolute atomic E-state index is 0.0625. The van der Waals surface area contributed by atoms with E-state index in [1.807, 2.05) is 21.0 Å². The van der Waals surface area contributed by atoms with Gasteiger partial charge in [0.05, 0.1) is 4.83 Å². The van der Waals surface area contributed by atoms with Gasteiger partial charge in [-0.15, -0.1) is 0 Å². The second-order valence-corrected chi connectivity index (χ2v) is 5.50. The van der Waals surface area contributed by atoms with Crippen LogP contribution in [-0.4, -0.2) is 42.3 Å². The van der Waals surface area contributed by atoms with Gasteiger partial charge in [-0.3, -0.25) is 4.79 Å². The predicted molar refractivity (Wildman–Crippen MR) is 68.3 cm³/mol. The molecule has 0 radical (unpaired) electrons. The summed E-state index contributed by atoms with van der Waals surface area (Å²) in [5.41, 5.74) is 0. The molecule has 0 aliphatic heterocycles. The Bertz CT molecular complexity index is 187. The first-order valence-corrected chi connectivity index (χ1v) is 6.39. The lowest BCUT2D eigenvalue weighted by atomic mass is 10.0. The van der Waals surface area contributed by atoms with Crippen molar-refractivity contribution in [1.29, 1.82) is 0 Å². The van der Waals surface area contributed by atoms with Crippen molar-refractivity contribution in [2.75, 3.05) is 20.6 Å². The number of carbonyl (C=O) groups excluding carboxylic acids is 1. The summed E-state index contributed by atoms with van der Waals surface area (Å²) < 4.78 is 0. The molecular formula is C11H23BrN2O. The van der Waals surface area contributed by atoms with Gasteiger partial charge in [-0.25, -0.2) is 0 Å². The lowest BCUT2D eigenvalue weighted by Gasteiger charge is -2.28. The molecule has 4 heteroatoms. The summed E-state index contributed by atoms with van der Waals surface area (Å²) in [6.07, 6.45) is 0.820. The van der Waals surface area contributed by atoms with Crippen LogP contribution in [0, 0.1) is 5.92 Å². The number of carbonyl (C=O) groups is 1. The fourth-order valence-electron chi connectivity index (χ4n) is 1.52. The van der Waals surface area contributed by atoms with Crippen molar-refractivity contribution in [1.82, 2.24) is 10.2 Å². The smallest absolute Gasteiger partial charge is 0.233 e. The molecule has 0 saturated carbocycles. The molecule has 3 nitrogen and oxygen atoms in total. The van der Waals surface area contributed by atoms with E-state index in [-0.39, 0.29) is 10.7 Å². The fraction of sp³-hybridized carbons (Fsp3) is 0.909. The van der Waals surface area contributed by atoms with Gasteiger partial charge in [0.1, 0.15) is 0 Å².